The molecule has 2 saturated heterocycles. The highest BCUT2D eigenvalue weighted by molar-refractivity contribution is 5.92. The monoisotopic (exact) mass is 404 g/mol. The largest absolute Gasteiger partial charge is 0.341 e. The first-order valence-electron chi connectivity index (χ1n) is 10.6. The highest BCUT2D eigenvalue weighted by Gasteiger charge is 2.27. The third-order valence-electron chi connectivity index (χ3n) is 5.81. The molecule has 7 heteroatoms. The van der Waals surface area contributed by atoms with Crippen LogP contribution >= 0.6 is 0 Å². The van der Waals surface area contributed by atoms with Crippen molar-refractivity contribution < 1.29 is 14.0 Å². The van der Waals surface area contributed by atoms with Crippen molar-refractivity contribution in [3.8, 4) is 0 Å². The normalized spacial score (nSPS) is 23.8. The lowest BCUT2D eigenvalue weighted by atomic mass is 9.92. The Bertz CT molecular complexity index is 724. The van der Waals surface area contributed by atoms with E-state index in [4.69, 9.17) is 0 Å². The molecular formula is C22H33FN4O2. The van der Waals surface area contributed by atoms with Crippen LogP contribution in [0.25, 0.3) is 0 Å². The summed E-state index contributed by atoms with van der Waals surface area (Å²) >= 11 is 0. The van der Waals surface area contributed by atoms with E-state index in [9.17, 15) is 14.0 Å². The fourth-order valence-electron chi connectivity index (χ4n) is 4.38. The molecule has 0 bridgehead atoms. The number of hydrogen-bond donors (Lipinski definition) is 1. The minimum atomic E-state index is -0.414. The predicted molar refractivity (Wildman–Crippen MR) is 112 cm³/mol. The van der Waals surface area contributed by atoms with Crippen LogP contribution in [0.15, 0.2) is 18.2 Å². The van der Waals surface area contributed by atoms with Gasteiger partial charge in [0.1, 0.15) is 5.82 Å². The van der Waals surface area contributed by atoms with Gasteiger partial charge >= 0.3 is 0 Å². The number of piperidine rings is 1. The number of rotatable bonds is 5. The molecule has 0 aliphatic carbocycles. The topological polar surface area (TPSA) is 55.9 Å². The Labute approximate surface area is 173 Å². The number of likely N-dealkylation sites (tertiary alicyclic amines) is 1. The Kier molecular flexibility index (Phi) is 7.24. The van der Waals surface area contributed by atoms with Crippen LogP contribution in [0, 0.1) is 24.6 Å². The van der Waals surface area contributed by atoms with E-state index in [0.717, 1.165) is 44.8 Å². The summed E-state index contributed by atoms with van der Waals surface area (Å²) in [6, 6.07) is 4.78. The molecule has 0 spiro atoms. The van der Waals surface area contributed by atoms with E-state index < -0.39 is 5.82 Å². The van der Waals surface area contributed by atoms with Crippen molar-refractivity contribution in [3.05, 3.63) is 29.6 Å². The number of aryl methyl sites for hydroxylation is 1. The highest BCUT2D eigenvalue weighted by Crippen LogP contribution is 2.21. The van der Waals surface area contributed by atoms with Crippen molar-refractivity contribution in [2.45, 2.75) is 27.2 Å². The Morgan fingerprint density at radius 2 is 1.62 bits per heavy atom. The molecule has 0 unspecified atom stereocenters. The van der Waals surface area contributed by atoms with E-state index in [1.807, 2.05) is 16.7 Å². The van der Waals surface area contributed by atoms with Gasteiger partial charge in [0, 0.05) is 39.3 Å². The zero-order valence-electron chi connectivity index (χ0n) is 17.8. The summed E-state index contributed by atoms with van der Waals surface area (Å²) in [6.45, 7) is 11.6. The maximum Gasteiger partial charge on any atom is 0.238 e. The van der Waals surface area contributed by atoms with Crippen LogP contribution in [-0.4, -0.2) is 78.9 Å². The zero-order valence-corrected chi connectivity index (χ0v) is 17.8. The minimum absolute atomic E-state index is 0.212. The molecule has 1 aromatic carbocycles. The summed E-state index contributed by atoms with van der Waals surface area (Å²) < 4.78 is 13.9. The van der Waals surface area contributed by atoms with Gasteiger partial charge < -0.3 is 10.2 Å². The van der Waals surface area contributed by atoms with Crippen LogP contribution in [0.1, 0.15) is 25.8 Å². The van der Waals surface area contributed by atoms with Crippen molar-refractivity contribution >= 4 is 17.5 Å². The van der Waals surface area contributed by atoms with Gasteiger partial charge in [-0.25, -0.2) is 4.39 Å². The van der Waals surface area contributed by atoms with Crippen LogP contribution in [0.5, 0.6) is 0 Å². The molecule has 2 aliphatic heterocycles. The second kappa shape index (κ2) is 9.67. The smallest absolute Gasteiger partial charge is 0.238 e. The van der Waals surface area contributed by atoms with Gasteiger partial charge in [-0.05, 0) is 42.9 Å². The second-order valence-electron chi connectivity index (χ2n) is 8.83. The summed E-state index contributed by atoms with van der Waals surface area (Å²) in [4.78, 5) is 31.1. The van der Waals surface area contributed by atoms with Gasteiger partial charge in [-0.1, -0.05) is 19.9 Å². The molecule has 0 saturated carbocycles. The standard InChI is InChI=1S/C22H33FN4O2/c1-16-4-5-20(19(23)11-16)24-21(28)14-25-6-8-26(9-7-25)15-22(29)27-12-17(2)10-18(3)13-27/h4-5,11,17-18H,6-10,12-15H2,1-3H3,(H,24,28)/t17-,18-/m1/s1. The average molecular weight is 405 g/mol. The first-order valence-corrected chi connectivity index (χ1v) is 10.6. The molecule has 2 fully saturated rings. The van der Waals surface area contributed by atoms with Crippen molar-refractivity contribution in [1.29, 1.82) is 0 Å². The van der Waals surface area contributed by atoms with E-state index in [2.05, 4.69) is 24.1 Å². The lowest BCUT2D eigenvalue weighted by Crippen LogP contribution is -2.52. The molecule has 160 valence electrons. The molecule has 1 N–H and O–H groups in total. The molecule has 6 nitrogen and oxygen atoms in total. The number of amides is 2. The number of anilines is 1. The summed E-state index contributed by atoms with van der Waals surface area (Å²) in [5, 5.41) is 2.65. The summed E-state index contributed by atoms with van der Waals surface area (Å²) in [5.41, 5.74) is 1.04. The minimum Gasteiger partial charge on any atom is -0.341 e. The molecule has 0 aromatic heterocycles. The van der Waals surface area contributed by atoms with Gasteiger partial charge in [0.25, 0.3) is 0 Å². The van der Waals surface area contributed by atoms with E-state index in [1.54, 1.807) is 12.1 Å². The molecule has 2 heterocycles. The fourth-order valence-corrected chi connectivity index (χ4v) is 4.38. The summed E-state index contributed by atoms with van der Waals surface area (Å²) in [6.07, 6.45) is 1.19. The number of piperazine rings is 1. The molecule has 1 aromatic rings. The van der Waals surface area contributed by atoms with E-state index in [1.165, 1.54) is 12.5 Å². The van der Waals surface area contributed by atoms with Crippen molar-refractivity contribution in [1.82, 2.24) is 14.7 Å². The SMILES string of the molecule is Cc1ccc(NC(=O)CN2CCN(CC(=O)N3C[C@H](C)C[C@@H](C)C3)CC2)c(F)c1. The number of halogens is 1. The second-order valence-corrected chi connectivity index (χ2v) is 8.83. The number of carbonyl (C=O) groups excluding carboxylic acids is 2. The van der Waals surface area contributed by atoms with Crippen LogP contribution in [0.3, 0.4) is 0 Å². The summed E-state index contributed by atoms with van der Waals surface area (Å²) in [7, 11) is 0. The van der Waals surface area contributed by atoms with Gasteiger partial charge in [-0.2, -0.15) is 0 Å². The highest BCUT2D eigenvalue weighted by atomic mass is 19.1. The Morgan fingerprint density at radius 1 is 1.03 bits per heavy atom. The Hall–Kier alpha value is -1.99. The third kappa shape index (κ3) is 6.24. The molecule has 3 rings (SSSR count). The van der Waals surface area contributed by atoms with Crippen LogP contribution in [0.2, 0.25) is 0 Å². The maximum atomic E-state index is 13.9. The molecule has 0 radical (unpaired) electrons. The number of nitrogens with one attached hydrogen (secondary N) is 1. The number of nitrogens with zero attached hydrogens (tertiary/aromatic N) is 3. The van der Waals surface area contributed by atoms with Gasteiger partial charge in [0.05, 0.1) is 18.8 Å². The molecular weight excluding hydrogens is 371 g/mol. The Morgan fingerprint density at radius 3 is 2.21 bits per heavy atom. The Balaban J connectivity index is 1.41. The van der Waals surface area contributed by atoms with Crippen LogP contribution in [0.4, 0.5) is 10.1 Å². The van der Waals surface area contributed by atoms with Gasteiger partial charge in [0.2, 0.25) is 11.8 Å². The quantitative estimate of drug-likeness (QED) is 0.818. The van der Waals surface area contributed by atoms with Gasteiger partial charge in [-0.3, -0.25) is 19.4 Å². The first-order chi connectivity index (χ1) is 13.8. The van der Waals surface area contributed by atoms with E-state index in [-0.39, 0.29) is 24.0 Å². The van der Waals surface area contributed by atoms with Crippen molar-refractivity contribution in [2.24, 2.45) is 11.8 Å². The fraction of sp³-hybridized carbons (Fsp3) is 0.636. The molecule has 2 atom stereocenters. The first kappa shape index (κ1) is 21.7. The van der Waals surface area contributed by atoms with Gasteiger partial charge in [-0.15, -0.1) is 0 Å². The van der Waals surface area contributed by atoms with E-state index in [0.29, 0.717) is 18.4 Å². The van der Waals surface area contributed by atoms with Crippen LogP contribution < -0.4 is 5.32 Å². The van der Waals surface area contributed by atoms with Crippen molar-refractivity contribution in [2.75, 3.05) is 57.7 Å². The lowest BCUT2D eigenvalue weighted by Gasteiger charge is -2.38. The summed E-state index contributed by atoms with van der Waals surface area (Å²) in [5.74, 6) is 0.717. The molecule has 2 amide bonds. The van der Waals surface area contributed by atoms with Gasteiger partial charge in [0.15, 0.2) is 0 Å². The third-order valence-corrected chi connectivity index (χ3v) is 5.81. The lowest BCUT2D eigenvalue weighted by molar-refractivity contribution is -0.135. The molecule has 29 heavy (non-hydrogen) atoms. The molecule has 2 aliphatic rings. The predicted octanol–water partition coefficient (Wildman–Crippen LogP) is 2.19. The van der Waals surface area contributed by atoms with E-state index >= 15 is 0 Å². The zero-order chi connectivity index (χ0) is 21.0. The number of hydrogen-bond acceptors (Lipinski definition) is 4. The van der Waals surface area contributed by atoms with Crippen molar-refractivity contribution in [3.63, 3.8) is 0 Å². The average Bonchev–Trinajstić information content (AvgIpc) is 2.65. The number of carbonyl (C=O) groups is 2. The maximum absolute atomic E-state index is 13.9. The number of benzene rings is 1. The van der Waals surface area contributed by atoms with Crippen LogP contribution in [-0.2, 0) is 9.59 Å².